The van der Waals surface area contributed by atoms with Crippen LogP contribution in [0.25, 0.3) is 0 Å². The third-order valence-electron chi connectivity index (χ3n) is 2.91. The molecule has 1 aliphatic rings. The Labute approximate surface area is 123 Å². The monoisotopic (exact) mass is 295 g/mol. The number of ether oxygens (including phenoxy) is 2. The predicted molar refractivity (Wildman–Crippen MR) is 78.5 cm³/mol. The first-order chi connectivity index (χ1) is 9.38. The van der Waals surface area contributed by atoms with E-state index in [4.69, 9.17) is 21.1 Å². The molecule has 1 aromatic carbocycles. The van der Waals surface area contributed by atoms with Gasteiger partial charge in [0.2, 0.25) is 6.29 Å². The van der Waals surface area contributed by atoms with E-state index in [1.54, 1.807) is 0 Å². The highest BCUT2D eigenvalue weighted by Crippen LogP contribution is 2.29. The first-order valence-corrected chi connectivity index (χ1v) is 6.86. The largest absolute Gasteiger partial charge is 0.425 e. The van der Waals surface area contributed by atoms with E-state index in [0.717, 1.165) is 11.3 Å². The zero-order valence-corrected chi connectivity index (χ0v) is 12.7. The maximum Gasteiger partial charge on any atom is 0.354 e. The number of halogens is 1. The first-order valence-electron chi connectivity index (χ1n) is 6.49. The van der Waals surface area contributed by atoms with Crippen LogP contribution in [0, 0.1) is 13.8 Å². The SMILES string of the molecule is Cc1ccc(NC2=C(Cl)C(=O)OC2OC(C)C)c(C)c1. The summed E-state index contributed by atoms with van der Waals surface area (Å²) in [7, 11) is 0. The highest BCUT2D eigenvalue weighted by atomic mass is 35.5. The molecule has 0 saturated heterocycles. The predicted octanol–water partition coefficient (Wildman–Crippen LogP) is 3.47. The Balaban J connectivity index is 2.26. The molecule has 108 valence electrons. The number of hydrogen-bond acceptors (Lipinski definition) is 4. The summed E-state index contributed by atoms with van der Waals surface area (Å²) in [5.74, 6) is -0.565. The second-order valence-corrected chi connectivity index (χ2v) is 5.47. The number of hydrogen-bond donors (Lipinski definition) is 1. The van der Waals surface area contributed by atoms with Crippen molar-refractivity contribution in [3.05, 3.63) is 40.1 Å². The van der Waals surface area contributed by atoms with E-state index in [0.29, 0.717) is 5.70 Å². The smallest absolute Gasteiger partial charge is 0.354 e. The molecule has 1 N–H and O–H groups in total. The first kappa shape index (κ1) is 14.9. The molecular weight excluding hydrogens is 278 g/mol. The lowest BCUT2D eigenvalue weighted by molar-refractivity contribution is -0.165. The Morgan fingerprint density at radius 2 is 2.05 bits per heavy atom. The second-order valence-electron chi connectivity index (χ2n) is 5.09. The van der Waals surface area contributed by atoms with Gasteiger partial charge < -0.3 is 14.8 Å². The third-order valence-corrected chi connectivity index (χ3v) is 3.27. The summed E-state index contributed by atoms with van der Waals surface area (Å²) in [5, 5.41) is 3.19. The Hall–Kier alpha value is -1.52. The molecular formula is C15H18ClNO3. The van der Waals surface area contributed by atoms with Crippen molar-refractivity contribution in [1.82, 2.24) is 0 Å². The molecule has 0 fully saturated rings. The van der Waals surface area contributed by atoms with Crippen LogP contribution in [-0.2, 0) is 14.3 Å². The van der Waals surface area contributed by atoms with E-state index in [1.807, 2.05) is 45.9 Å². The van der Waals surface area contributed by atoms with Crippen molar-refractivity contribution < 1.29 is 14.3 Å². The molecule has 0 saturated carbocycles. The molecule has 5 heteroatoms. The number of anilines is 1. The maximum atomic E-state index is 11.6. The molecule has 0 radical (unpaired) electrons. The van der Waals surface area contributed by atoms with Crippen molar-refractivity contribution in [3.63, 3.8) is 0 Å². The number of cyclic esters (lactones) is 1. The van der Waals surface area contributed by atoms with Gasteiger partial charge in [-0.1, -0.05) is 29.3 Å². The zero-order valence-electron chi connectivity index (χ0n) is 12.0. The molecule has 2 rings (SSSR count). The van der Waals surface area contributed by atoms with Gasteiger partial charge in [-0.2, -0.15) is 0 Å². The highest BCUT2D eigenvalue weighted by Gasteiger charge is 2.35. The van der Waals surface area contributed by atoms with Crippen molar-refractivity contribution in [2.45, 2.75) is 40.1 Å². The van der Waals surface area contributed by atoms with Crippen molar-refractivity contribution in [3.8, 4) is 0 Å². The number of carbonyl (C=O) groups is 1. The Kier molecular flexibility index (Phi) is 4.35. The summed E-state index contributed by atoms with van der Waals surface area (Å²) in [5.41, 5.74) is 3.56. The van der Waals surface area contributed by atoms with Crippen LogP contribution in [0.3, 0.4) is 0 Å². The van der Waals surface area contributed by atoms with Crippen LogP contribution in [0.5, 0.6) is 0 Å². The van der Waals surface area contributed by atoms with Gasteiger partial charge in [-0.05, 0) is 39.3 Å². The third kappa shape index (κ3) is 3.14. The molecule has 0 aromatic heterocycles. The Morgan fingerprint density at radius 3 is 2.65 bits per heavy atom. The maximum absolute atomic E-state index is 11.6. The fourth-order valence-corrected chi connectivity index (χ4v) is 2.16. The molecule has 1 unspecified atom stereocenters. The number of carbonyl (C=O) groups excluding carboxylic acids is 1. The van der Waals surface area contributed by atoms with Gasteiger partial charge in [-0.25, -0.2) is 4.79 Å². The lowest BCUT2D eigenvalue weighted by atomic mass is 10.1. The average molecular weight is 296 g/mol. The molecule has 0 aliphatic carbocycles. The van der Waals surface area contributed by atoms with Crippen LogP contribution in [0.15, 0.2) is 28.9 Å². The van der Waals surface area contributed by atoms with Crippen molar-refractivity contribution in [1.29, 1.82) is 0 Å². The van der Waals surface area contributed by atoms with E-state index in [-0.39, 0.29) is 11.1 Å². The summed E-state index contributed by atoms with van der Waals surface area (Å²) < 4.78 is 10.7. The summed E-state index contributed by atoms with van der Waals surface area (Å²) in [4.78, 5) is 11.6. The summed E-state index contributed by atoms with van der Waals surface area (Å²) in [6, 6.07) is 5.98. The molecule has 1 aromatic rings. The minimum absolute atomic E-state index is 0.0376. The van der Waals surface area contributed by atoms with E-state index >= 15 is 0 Å². The normalized spacial score (nSPS) is 18.7. The lowest BCUT2D eigenvalue weighted by Crippen LogP contribution is -2.24. The Morgan fingerprint density at radius 1 is 1.35 bits per heavy atom. The zero-order chi connectivity index (χ0) is 14.9. The molecule has 1 aliphatic heterocycles. The van der Waals surface area contributed by atoms with Crippen LogP contribution >= 0.6 is 11.6 Å². The second kappa shape index (κ2) is 5.85. The van der Waals surface area contributed by atoms with Gasteiger partial charge in [0.25, 0.3) is 0 Å². The molecule has 20 heavy (non-hydrogen) atoms. The molecule has 0 bridgehead atoms. The van der Waals surface area contributed by atoms with E-state index in [2.05, 4.69) is 5.32 Å². The van der Waals surface area contributed by atoms with Gasteiger partial charge in [-0.3, -0.25) is 0 Å². The van der Waals surface area contributed by atoms with Crippen LogP contribution in [0.4, 0.5) is 5.69 Å². The minimum Gasteiger partial charge on any atom is -0.425 e. The highest BCUT2D eigenvalue weighted by molar-refractivity contribution is 6.42. The van der Waals surface area contributed by atoms with E-state index in [1.165, 1.54) is 5.56 Å². The molecule has 0 spiro atoms. The number of nitrogens with one attached hydrogen (secondary N) is 1. The van der Waals surface area contributed by atoms with Crippen LogP contribution in [0.2, 0.25) is 0 Å². The molecule has 4 nitrogen and oxygen atoms in total. The van der Waals surface area contributed by atoms with Crippen LogP contribution in [0.1, 0.15) is 25.0 Å². The van der Waals surface area contributed by atoms with Crippen LogP contribution in [-0.4, -0.2) is 18.4 Å². The minimum atomic E-state index is -0.782. The van der Waals surface area contributed by atoms with Gasteiger partial charge in [0.05, 0.1) is 6.10 Å². The van der Waals surface area contributed by atoms with Gasteiger partial charge >= 0.3 is 5.97 Å². The number of benzene rings is 1. The summed E-state index contributed by atoms with van der Waals surface area (Å²) >= 11 is 6.00. The fraction of sp³-hybridized carbons (Fsp3) is 0.400. The Bertz CT molecular complexity index is 566. The van der Waals surface area contributed by atoms with Gasteiger partial charge in [0.1, 0.15) is 5.70 Å². The molecule has 1 atom stereocenters. The van der Waals surface area contributed by atoms with Crippen LogP contribution < -0.4 is 5.32 Å². The standard InChI is InChI=1S/C15H18ClNO3/c1-8(2)19-15-13(12(16)14(18)20-15)17-11-6-5-9(3)7-10(11)4/h5-8,15,17H,1-4H3. The van der Waals surface area contributed by atoms with E-state index in [9.17, 15) is 4.79 Å². The topological polar surface area (TPSA) is 47.6 Å². The number of rotatable bonds is 4. The molecule has 1 heterocycles. The number of esters is 1. The fourth-order valence-electron chi connectivity index (χ4n) is 1.98. The van der Waals surface area contributed by atoms with Crippen molar-refractivity contribution in [2.75, 3.05) is 5.32 Å². The van der Waals surface area contributed by atoms with Crippen molar-refractivity contribution in [2.24, 2.45) is 0 Å². The summed E-state index contributed by atoms with van der Waals surface area (Å²) in [6.45, 7) is 7.75. The van der Waals surface area contributed by atoms with Crippen molar-refractivity contribution >= 4 is 23.3 Å². The number of aryl methyl sites for hydroxylation is 2. The summed E-state index contributed by atoms with van der Waals surface area (Å²) in [6.07, 6.45) is -0.859. The van der Waals surface area contributed by atoms with Gasteiger partial charge in [0.15, 0.2) is 5.03 Å². The average Bonchev–Trinajstić information content (AvgIpc) is 2.59. The van der Waals surface area contributed by atoms with Gasteiger partial charge in [-0.15, -0.1) is 0 Å². The lowest BCUT2D eigenvalue weighted by Gasteiger charge is -2.19. The van der Waals surface area contributed by atoms with E-state index < -0.39 is 12.3 Å². The molecule has 0 amide bonds. The van der Waals surface area contributed by atoms with Gasteiger partial charge in [0, 0.05) is 5.69 Å². The quantitative estimate of drug-likeness (QED) is 0.864.